The Bertz CT molecular complexity index is 1010. The maximum absolute atomic E-state index is 12.7. The van der Waals surface area contributed by atoms with E-state index in [9.17, 15) is 4.79 Å². The topological polar surface area (TPSA) is 60.5 Å². The van der Waals surface area contributed by atoms with Gasteiger partial charge in [0, 0.05) is 10.4 Å². The highest BCUT2D eigenvalue weighted by atomic mass is 32.1. The second-order valence-electron chi connectivity index (χ2n) is 6.87. The van der Waals surface area contributed by atoms with Crippen LogP contribution in [0.15, 0.2) is 48.5 Å². The Balaban J connectivity index is 1.45. The third-order valence-electron chi connectivity index (χ3n) is 4.79. The van der Waals surface area contributed by atoms with E-state index in [1.807, 2.05) is 50.2 Å². The number of amides is 1. The van der Waals surface area contributed by atoms with Gasteiger partial charge in [0.1, 0.15) is 11.1 Å². The zero-order valence-corrected chi connectivity index (χ0v) is 16.9. The van der Waals surface area contributed by atoms with E-state index in [1.54, 1.807) is 11.3 Å². The molecule has 0 saturated heterocycles. The molecule has 4 rings (SSSR count). The number of nitrogens with one attached hydrogen (secondary N) is 1. The van der Waals surface area contributed by atoms with Crippen LogP contribution in [0, 0.1) is 13.8 Å². The zero-order valence-electron chi connectivity index (χ0n) is 16.1. The first-order chi connectivity index (χ1) is 13.5. The number of hydrogen-bond acceptors (Lipinski definition) is 5. The summed E-state index contributed by atoms with van der Waals surface area (Å²) >= 11 is 1.61. The fourth-order valence-corrected chi connectivity index (χ4v) is 4.29. The van der Waals surface area contributed by atoms with Crippen LogP contribution in [0.2, 0.25) is 0 Å². The number of thiazole rings is 1. The highest BCUT2D eigenvalue weighted by Gasteiger charge is 2.34. The van der Waals surface area contributed by atoms with Gasteiger partial charge in [0.2, 0.25) is 6.10 Å². The molecule has 5 nitrogen and oxygen atoms in total. The average Bonchev–Trinajstić information content (AvgIpc) is 3.06. The number of ether oxygens (including phenoxy) is 2. The van der Waals surface area contributed by atoms with E-state index in [0.29, 0.717) is 18.0 Å². The molecular weight excluding hydrogens is 372 g/mol. The molecule has 0 aliphatic carbocycles. The summed E-state index contributed by atoms with van der Waals surface area (Å²) in [7, 11) is 0. The van der Waals surface area contributed by atoms with Crippen LogP contribution in [0.5, 0.6) is 11.5 Å². The Hall–Kier alpha value is -2.86. The number of carbonyl (C=O) groups is 1. The fraction of sp³-hybridized carbons (Fsp3) is 0.273. The van der Waals surface area contributed by atoms with Gasteiger partial charge < -0.3 is 14.8 Å². The molecule has 0 radical (unpaired) electrons. The number of aromatic nitrogens is 1. The predicted octanol–water partition coefficient (Wildman–Crippen LogP) is 4.27. The van der Waals surface area contributed by atoms with E-state index in [-0.39, 0.29) is 12.0 Å². The Morgan fingerprint density at radius 2 is 1.75 bits per heavy atom. The molecule has 1 aliphatic heterocycles. The largest absolute Gasteiger partial charge is 0.482 e. The molecular formula is C22H22N2O3S. The maximum atomic E-state index is 12.7. The molecule has 28 heavy (non-hydrogen) atoms. The molecule has 1 aliphatic rings. The molecule has 2 atom stereocenters. The number of rotatable bonds is 4. The van der Waals surface area contributed by atoms with Crippen LogP contribution in [0.1, 0.15) is 23.1 Å². The highest BCUT2D eigenvalue weighted by Crippen LogP contribution is 2.34. The van der Waals surface area contributed by atoms with Crippen molar-refractivity contribution in [2.75, 3.05) is 0 Å². The third kappa shape index (κ3) is 3.60. The van der Waals surface area contributed by atoms with Gasteiger partial charge in [-0.25, -0.2) is 4.98 Å². The second-order valence-corrected chi connectivity index (χ2v) is 7.95. The summed E-state index contributed by atoms with van der Waals surface area (Å²) in [6.07, 6.45) is -1.04. The lowest BCUT2D eigenvalue weighted by molar-refractivity contribution is -0.133. The minimum Gasteiger partial charge on any atom is -0.482 e. The van der Waals surface area contributed by atoms with Gasteiger partial charge in [0.05, 0.1) is 12.2 Å². The Morgan fingerprint density at radius 1 is 1.07 bits per heavy atom. The Kier molecular flexibility index (Phi) is 5.05. The molecule has 1 aromatic heterocycles. The van der Waals surface area contributed by atoms with Gasteiger partial charge in [-0.15, -0.1) is 11.3 Å². The van der Waals surface area contributed by atoms with Gasteiger partial charge in [-0.1, -0.05) is 36.4 Å². The summed E-state index contributed by atoms with van der Waals surface area (Å²) in [6.45, 7) is 6.31. The fourth-order valence-electron chi connectivity index (χ4n) is 3.19. The zero-order chi connectivity index (χ0) is 19.7. The number of fused-ring (bicyclic) bond motifs is 1. The summed E-state index contributed by atoms with van der Waals surface area (Å²) in [5, 5.41) is 3.95. The van der Waals surface area contributed by atoms with Crippen molar-refractivity contribution in [3.8, 4) is 22.1 Å². The number of carbonyl (C=O) groups excluding carboxylic acids is 1. The van der Waals surface area contributed by atoms with E-state index in [0.717, 1.165) is 21.1 Å². The lowest BCUT2D eigenvalue weighted by Crippen LogP contribution is -2.48. The maximum Gasteiger partial charge on any atom is 0.265 e. The van der Waals surface area contributed by atoms with Gasteiger partial charge in [0.25, 0.3) is 5.91 Å². The van der Waals surface area contributed by atoms with E-state index in [1.165, 1.54) is 5.56 Å². The van der Waals surface area contributed by atoms with Crippen LogP contribution in [0.25, 0.3) is 10.6 Å². The van der Waals surface area contributed by atoms with Crippen molar-refractivity contribution >= 4 is 17.2 Å². The molecule has 3 aromatic rings. The molecule has 0 fully saturated rings. The second kappa shape index (κ2) is 7.64. The van der Waals surface area contributed by atoms with Crippen molar-refractivity contribution in [3.05, 3.63) is 64.7 Å². The highest BCUT2D eigenvalue weighted by molar-refractivity contribution is 7.15. The van der Waals surface area contributed by atoms with Crippen LogP contribution in [-0.4, -0.2) is 23.1 Å². The molecule has 1 N–H and O–H groups in total. The Morgan fingerprint density at radius 3 is 2.50 bits per heavy atom. The third-order valence-corrected chi connectivity index (χ3v) is 5.98. The van der Waals surface area contributed by atoms with Crippen molar-refractivity contribution in [2.45, 2.75) is 39.5 Å². The van der Waals surface area contributed by atoms with Crippen LogP contribution in [0.4, 0.5) is 0 Å². The van der Waals surface area contributed by atoms with Crippen molar-refractivity contribution in [3.63, 3.8) is 0 Å². The SMILES string of the molecule is Cc1ccccc1-c1nc(C)c(CNC(=O)C2Oc3ccccc3OC2C)s1. The van der Waals surface area contributed by atoms with E-state index >= 15 is 0 Å². The summed E-state index contributed by atoms with van der Waals surface area (Å²) in [6, 6.07) is 15.6. The van der Waals surface area contributed by atoms with Crippen LogP contribution in [0.3, 0.4) is 0 Å². The first kappa shape index (κ1) is 18.5. The molecule has 6 heteroatoms. The number of para-hydroxylation sites is 2. The van der Waals surface area contributed by atoms with Gasteiger partial charge in [-0.05, 0) is 38.5 Å². The van der Waals surface area contributed by atoms with E-state index in [2.05, 4.69) is 29.4 Å². The summed E-state index contributed by atoms with van der Waals surface area (Å²) in [5.41, 5.74) is 3.25. The smallest absolute Gasteiger partial charge is 0.265 e. The van der Waals surface area contributed by atoms with Gasteiger partial charge in [-0.3, -0.25) is 4.79 Å². The number of benzene rings is 2. The molecule has 0 bridgehead atoms. The summed E-state index contributed by atoms with van der Waals surface area (Å²) in [5.74, 6) is 1.07. The van der Waals surface area contributed by atoms with Gasteiger partial charge >= 0.3 is 0 Å². The number of aryl methyl sites for hydroxylation is 2. The standard InChI is InChI=1S/C22H22N2O3S/c1-13-8-4-5-9-16(13)22-24-14(2)19(28-22)12-23-21(25)20-15(3)26-17-10-6-7-11-18(17)27-20/h4-11,15,20H,12H2,1-3H3,(H,23,25). The summed E-state index contributed by atoms with van der Waals surface area (Å²) in [4.78, 5) is 18.4. The van der Waals surface area contributed by atoms with Crippen molar-refractivity contribution in [2.24, 2.45) is 0 Å². The molecule has 0 saturated carbocycles. The van der Waals surface area contributed by atoms with Crippen LogP contribution >= 0.6 is 11.3 Å². The molecule has 144 valence electrons. The van der Waals surface area contributed by atoms with Crippen LogP contribution < -0.4 is 14.8 Å². The normalized spacial score (nSPS) is 18.0. The Labute approximate surface area is 168 Å². The van der Waals surface area contributed by atoms with Crippen LogP contribution in [-0.2, 0) is 11.3 Å². The molecule has 1 amide bonds. The van der Waals surface area contributed by atoms with Crippen molar-refractivity contribution in [1.29, 1.82) is 0 Å². The van der Waals surface area contributed by atoms with E-state index in [4.69, 9.17) is 9.47 Å². The molecule has 0 spiro atoms. The summed E-state index contributed by atoms with van der Waals surface area (Å²) < 4.78 is 11.7. The quantitative estimate of drug-likeness (QED) is 0.718. The molecule has 2 aromatic carbocycles. The first-order valence-electron chi connectivity index (χ1n) is 9.25. The lowest BCUT2D eigenvalue weighted by atomic mass is 10.1. The number of nitrogens with zero attached hydrogens (tertiary/aromatic N) is 1. The molecule has 2 unspecified atom stereocenters. The first-order valence-corrected chi connectivity index (χ1v) is 10.1. The number of hydrogen-bond donors (Lipinski definition) is 1. The predicted molar refractivity (Wildman–Crippen MR) is 110 cm³/mol. The van der Waals surface area contributed by atoms with Gasteiger partial charge in [0.15, 0.2) is 11.5 Å². The van der Waals surface area contributed by atoms with Gasteiger partial charge in [-0.2, -0.15) is 0 Å². The monoisotopic (exact) mass is 394 g/mol. The minimum absolute atomic E-state index is 0.188. The van der Waals surface area contributed by atoms with Crippen molar-refractivity contribution < 1.29 is 14.3 Å². The average molecular weight is 394 g/mol. The molecule has 2 heterocycles. The lowest BCUT2D eigenvalue weighted by Gasteiger charge is -2.30. The minimum atomic E-state index is -0.682. The van der Waals surface area contributed by atoms with Crippen molar-refractivity contribution in [1.82, 2.24) is 10.3 Å². The van der Waals surface area contributed by atoms with E-state index < -0.39 is 6.10 Å².